The van der Waals surface area contributed by atoms with E-state index in [1.54, 1.807) is 0 Å². The van der Waals surface area contributed by atoms with E-state index >= 15 is 0 Å². The molecule has 21 heavy (non-hydrogen) atoms. The van der Waals surface area contributed by atoms with Gasteiger partial charge in [-0.1, -0.05) is 12.1 Å². The number of nitrogens with one attached hydrogen (secondary N) is 2. The molecule has 1 aromatic rings. The second kappa shape index (κ2) is 6.52. The number of rotatable bonds is 7. The third-order valence-electron chi connectivity index (χ3n) is 2.66. The second-order valence-corrected chi connectivity index (χ2v) is 7.97. The first-order valence-electron chi connectivity index (χ1n) is 5.78. The zero-order chi connectivity index (χ0) is 16.3. The van der Waals surface area contributed by atoms with E-state index in [1.165, 1.54) is 25.2 Å². The maximum absolute atomic E-state index is 12.1. The highest BCUT2D eigenvalue weighted by Gasteiger charge is 2.25. The lowest BCUT2D eigenvalue weighted by Crippen LogP contribution is -2.44. The maximum atomic E-state index is 12.1. The van der Waals surface area contributed by atoms with Gasteiger partial charge in [-0.05, 0) is 19.2 Å². The van der Waals surface area contributed by atoms with Crippen LogP contribution in [0.1, 0.15) is 0 Å². The number of carboxylic acids is 1. The highest BCUT2D eigenvalue weighted by molar-refractivity contribution is 7.93. The molecular weight excluding hydrogens is 320 g/mol. The van der Waals surface area contributed by atoms with Crippen molar-refractivity contribution in [3.8, 4) is 0 Å². The Morgan fingerprint density at radius 3 is 2.14 bits per heavy atom. The molecule has 0 aliphatic rings. The van der Waals surface area contributed by atoms with Gasteiger partial charge < -0.3 is 10.4 Å². The first-order chi connectivity index (χ1) is 9.59. The summed E-state index contributed by atoms with van der Waals surface area (Å²) in [6, 6.07) is 3.99. The van der Waals surface area contributed by atoms with Gasteiger partial charge in [-0.15, -0.1) is 0 Å². The number of carbonyl (C=O) groups is 1. The third-order valence-corrected chi connectivity index (χ3v) is 5.43. The van der Waals surface area contributed by atoms with Gasteiger partial charge in [0, 0.05) is 12.8 Å². The third kappa shape index (κ3) is 4.49. The first kappa shape index (κ1) is 17.6. The summed E-state index contributed by atoms with van der Waals surface area (Å²) in [6.07, 6.45) is 0.898. The summed E-state index contributed by atoms with van der Waals surface area (Å²) in [4.78, 5) is 10.1. The van der Waals surface area contributed by atoms with Crippen molar-refractivity contribution in [2.45, 2.75) is 15.8 Å². The summed E-state index contributed by atoms with van der Waals surface area (Å²) in [7, 11) is -6.50. The van der Waals surface area contributed by atoms with Crippen LogP contribution in [0.15, 0.2) is 34.1 Å². The van der Waals surface area contributed by atoms with Crippen molar-refractivity contribution in [3.63, 3.8) is 0 Å². The van der Waals surface area contributed by atoms with E-state index in [0.717, 1.165) is 12.3 Å². The molecule has 0 radical (unpaired) electrons. The van der Waals surface area contributed by atoms with E-state index in [1.807, 2.05) is 0 Å². The Morgan fingerprint density at radius 1 is 1.19 bits per heavy atom. The quantitative estimate of drug-likeness (QED) is 0.585. The van der Waals surface area contributed by atoms with Crippen LogP contribution in [-0.4, -0.2) is 53.8 Å². The number of likely N-dealkylation sites (N-methyl/N-ethyl adjacent to an activating group) is 1. The lowest BCUT2D eigenvalue weighted by atomic mass is 10.3. The van der Waals surface area contributed by atoms with Crippen molar-refractivity contribution in [2.75, 3.05) is 19.8 Å². The largest absolute Gasteiger partial charge is 0.480 e. The van der Waals surface area contributed by atoms with Gasteiger partial charge in [0.05, 0.1) is 4.90 Å². The van der Waals surface area contributed by atoms with Crippen LogP contribution >= 0.6 is 0 Å². The zero-order valence-corrected chi connectivity index (χ0v) is 13.0. The van der Waals surface area contributed by atoms with E-state index in [9.17, 15) is 21.6 Å². The molecule has 3 N–H and O–H groups in total. The normalized spacial score (nSPS) is 13.8. The Balaban J connectivity index is 3.13. The van der Waals surface area contributed by atoms with Crippen LogP contribution < -0.4 is 10.0 Å². The molecule has 0 bridgehead atoms. The maximum Gasteiger partial charge on any atom is 0.322 e. The smallest absolute Gasteiger partial charge is 0.322 e. The number of sulfone groups is 1. The average Bonchev–Trinajstić information content (AvgIpc) is 2.38. The summed E-state index contributed by atoms with van der Waals surface area (Å²) in [5, 5.41) is 11.3. The van der Waals surface area contributed by atoms with Gasteiger partial charge in [-0.25, -0.2) is 21.6 Å². The van der Waals surface area contributed by atoms with Gasteiger partial charge in [0.1, 0.15) is 10.9 Å². The molecule has 1 atom stereocenters. The van der Waals surface area contributed by atoms with Crippen LogP contribution in [0.25, 0.3) is 0 Å². The van der Waals surface area contributed by atoms with Gasteiger partial charge >= 0.3 is 5.97 Å². The minimum atomic E-state index is -4.15. The lowest BCUT2D eigenvalue weighted by molar-refractivity contribution is -0.139. The molecule has 1 aromatic carbocycles. The molecule has 0 saturated carbocycles. The van der Waals surface area contributed by atoms with Crippen LogP contribution in [0.4, 0.5) is 0 Å². The summed E-state index contributed by atoms with van der Waals surface area (Å²) < 4.78 is 49.6. The topological polar surface area (TPSA) is 130 Å². The number of hydrogen-bond acceptors (Lipinski definition) is 6. The van der Waals surface area contributed by atoms with Crippen molar-refractivity contribution in [2.24, 2.45) is 0 Å². The number of hydrogen-bond donors (Lipinski definition) is 3. The van der Waals surface area contributed by atoms with Crippen LogP contribution in [0.5, 0.6) is 0 Å². The zero-order valence-electron chi connectivity index (χ0n) is 11.4. The fraction of sp³-hybridized carbons (Fsp3) is 0.364. The number of carboxylic acid groups (broad SMARTS) is 1. The molecule has 0 heterocycles. The van der Waals surface area contributed by atoms with Crippen LogP contribution in [-0.2, 0) is 24.7 Å². The fourth-order valence-electron chi connectivity index (χ4n) is 1.56. The Labute approximate surface area is 123 Å². The molecule has 1 rings (SSSR count). The minimum Gasteiger partial charge on any atom is -0.480 e. The lowest BCUT2D eigenvalue weighted by Gasteiger charge is -2.14. The van der Waals surface area contributed by atoms with Crippen molar-refractivity contribution in [1.82, 2.24) is 10.0 Å². The van der Waals surface area contributed by atoms with Crippen molar-refractivity contribution < 1.29 is 26.7 Å². The van der Waals surface area contributed by atoms with Crippen molar-refractivity contribution in [3.05, 3.63) is 24.3 Å². The van der Waals surface area contributed by atoms with E-state index in [4.69, 9.17) is 5.11 Å². The highest BCUT2D eigenvalue weighted by atomic mass is 32.2. The molecule has 0 amide bonds. The van der Waals surface area contributed by atoms with Gasteiger partial charge in [-0.3, -0.25) is 4.79 Å². The molecule has 0 spiro atoms. The first-order valence-corrected chi connectivity index (χ1v) is 9.16. The van der Waals surface area contributed by atoms with Gasteiger partial charge in [0.25, 0.3) is 0 Å². The van der Waals surface area contributed by atoms with Crippen LogP contribution in [0.2, 0.25) is 0 Å². The van der Waals surface area contributed by atoms with E-state index < -0.39 is 43.3 Å². The number of sulfonamides is 1. The van der Waals surface area contributed by atoms with Crippen molar-refractivity contribution in [1.29, 1.82) is 0 Å². The number of aliphatic carboxylic acids is 1. The molecule has 8 nitrogen and oxygen atoms in total. The van der Waals surface area contributed by atoms with Gasteiger partial charge in [0.15, 0.2) is 9.84 Å². The molecule has 0 aliphatic heterocycles. The molecular formula is C11H16N2O6S2. The Kier molecular flexibility index (Phi) is 5.45. The molecule has 0 fully saturated rings. The Bertz CT molecular complexity index is 727. The molecule has 0 aromatic heterocycles. The Morgan fingerprint density at radius 2 is 1.71 bits per heavy atom. The summed E-state index contributed by atoms with van der Waals surface area (Å²) in [5.41, 5.74) is 0. The van der Waals surface area contributed by atoms with Crippen LogP contribution in [0.3, 0.4) is 0 Å². The SMILES string of the molecule is CN[C@@H](CNS(=O)(=O)c1ccccc1S(C)(=O)=O)C(=O)O. The summed E-state index contributed by atoms with van der Waals surface area (Å²) in [5.74, 6) is -1.23. The van der Waals surface area contributed by atoms with E-state index in [-0.39, 0.29) is 4.90 Å². The summed E-state index contributed by atoms with van der Waals surface area (Å²) >= 11 is 0. The minimum absolute atomic E-state index is 0.339. The standard InChI is InChI=1S/C11H16N2O6S2/c1-12-8(11(14)15)7-13-21(18,19)10-6-4-3-5-9(10)20(2,16)17/h3-6,8,12-13H,7H2,1-2H3,(H,14,15)/t8-/m0/s1. The Hall–Kier alpha value is -1.49. The second-order valence-electron chi connectivity index (χ2n) is 4.25. The average molecular weight is 336 g/mol. The van der Waals surface area contributed by atoms with Gasteiger partial charge in [0.2, 0.25) is 10.0 Å². The van der Waals surface area contributed by atoms with Crippen molar-refractivity contribution >= 4 is 25.8 Å². The summed E-state index contributed by atoms with van der Waals surface area (Å²) in [6.45, 7) is -0.410. The van der Waals surface area contributed by atoms with Crippen LogP contribution in [0, 0.1) is 0 Å². The van der Waals surface area contributed by atoms with E-state index in [0.29, 0.717) is 0 Å². The predicted octanol–water partition coefficient (Wildman–Crippen LogP) is -0.959. The number of benzene rings is 1. The molecule has 10 heteroatoms. The highest BCUT2D eigenvalue weighted by Crippen LogP contribution is 2.20. The molecule has 0 saturated heterocycles. The predicted molar refractivity (Wildman–Crippen MR) is 75.2 cm³/mol. The molecule has 0 aliphatic carbocycles. The molecule has 118 valence electrons. The van der Waals surface area contributed by atoms with Gasteiger partial charge in [-0.2, -0.15) is 0 Å². The van der Waals surface area contributed by atoms with E-state index in [2.05, 4.69) is 10.0 Å². The monoisotopic (exact) mass is 336 g/mol. The molecule has 0 unspecified atom stereocenters. The fourth-order valence-corrected chi connectivity index (χ4v) is 4.24.